The first-order chi connectivity index (χ1) is 10.1. The van der Waals surface area contributed by atoms with Gasteiger partial charge in [-0.2, -0.15) is 0 Å². The van der Waals surface area contributed by atoms with E-state index in [9.17, 15) is 15.0 Å². The van der Waals surface area contributed by atoms with Gasteiger partial charge < -0.3 is 15.1 Å². The first-order valence-corrected chi connectivity index (χ1v) is 7.12. The number of rotatable bonds is 3. The monoisotopic (exact) mass is 286 g/mol. The number of carboxylic acids is 1. The third kappa shape index (κ3) is 2.56. The maximum absolute atomic E-state index is 11.5. The Kier molecular flexibility index (Phi) is 3.51. The van der Waals surface area contributed by atoms with Crippen molar-refractivity contribution in [3.05, 3.63) is 35.9 Å². The van der Waals surface area contributed by atoms with Crippen LogP contribution in [0.3, 0.4) is 0 Å². The highest BCUT2D eigenvalue weighted by atomic mass is 16.4. The van der Waals surface area contributed by atoms with E-state index in [0.717, 1.165) is 13.0 Å². The molecule has 1 aliphatic heterocycles. The summed E-state index contributed by atoms with van der Waals surface area (Å²) in [5, 5.41) is 19.7. The van der Waals surface area contributed by atoms with Gasteiger partial charge in [0.15, 0.2) is 0 Å². The SMILES string of the molecule is CC(O)C1CCN(c2cc(C(=O)O)c3ccccc3n2)C1. The minimum Gasteiger partial charge on any atom is -0.478 e. The highest BCUT2D eigenvalue weighted by Gasteiger charge is 2.27. The van der Waals surface area contributed by atoms with Crippen LogP contribution in [0.2, 0.25) is 0 Å². The van der Waals surface area contributed by atoms with Crippen LogP contribution in [0.25, 0.3) is 10.9 Å². The third-order valence-electron chi connectivity index (χ3n) is 4.16. The number of fused-ring (bicyclic) bond motifs is 1. The zero-order valence-electron chi connectivity index (χ0n) is 11.9. The average Bonchev–Trinajstić information content (AvgIpc) is 2.96. The Morgan fingerprint density at radius 3 is 2.86 bits per heavy atom. The Bertz CT molecular complexity index is 684. The van der Waals surface area contributed by atoms with Crippen LogP contribution in [-0.4, -0.2) is 40.4 Å². The van der Waals surface area contributed by atoms with Crippen LogP contribution in [0.1, 0.15) is 23.7 Å². The fraction of sp³-hybridized carbons (Fsp3) is 0.375. The van der Waals surface area contributed by atoms with E-state index in [1.807, 2.05) is 18.2 Å². The van der Waals surface area contributed by atoms with E-state index in [4.69, 9.17) is 0 Å². The molecule has 0 amide bonds. The van der Waals surface area contributed by atoms with Gasteiger partial charge in [-0.05, 0) is 25.5 Å². The van der Waals surface area contributed by atoms with Gasteiger partial charge in [0.2, 0.25) is 0 Å². The Balaban J connectivity index is 2.02. The molecule has 5 nitrogen and oxygen atoms in total. The molecular formula is C16H18N2O3. The quantitative estimate of drug-likeness (QED) is 0.904. The summed E-state index contributed by atoms with van der Waals surface area (Å²) in [6, 6.07) is 8.91. The standard InChI is InChI=1S/C16H18N2O3/c1-10(19)11-6-7-18(9-11)15-8-13(16(20)21)12-4-2-3-5-14(12)17-15/h2-5,8,10-11,19H,6-7,9H2,1H3,(H,20,21). The number of para-hydroxylation sites is 1. The number of hydrogen-bond acceptors (Lipinski definition) is 4. The van der Waals surface area contributed by atoms with E-state index in [0.29, 0.717) is 23.3 Å². The van der Waals surface area contributed by atoms with Crippen LogP contribution >= 0.6 is 0 Å². The first kappa shape index (κ1) is 13.8. The molecule has 2 aromatic rings. The second-order valence-electron chi connectivity index (χ2n) is 5.59. The van der Waals surface area contributed by atoms with Crippen molar-refractivity contribution in [3.63, 3.8) is 0 Å². The summed E-state index contributed by atoms with van der Waals surface area (Å²) in [6.45, 7) is 3.30. The topological polar surface area (TPSA) is 73.7 Å². The van der Waals surface area contributed by atoms with Gasteiger partial charge in [-0.25, -0.2) is 9.78 Å². The number of carboxylic acid groups (broad SMARTS) is 1. The number of benzene rings is 1. The molecule has 21 heavy (non-hydrogen) atoms. The number of nitrogens with zero attached hydrogens (tertiary/aromatic N) is 2. The lowest BCUT2D eigenvalue weighted by Crippen LogP contribution is -2.24. The zero-order valence-corrected chi connectivity index (χ0v) is 11.9. The highest BCUT2D eigenvalue weighted by Crippen LogP contribution is 2.28. The molecule has 1 aliphatic rings. The van der Waals surface area contributed by atoms with Crippen LogP contribution in [0.15, 0.2) is 30.3 Å². The van der Waals surface area contributed by atoms with Gasteiger partial charge in [-0.3, -0.25) is 0 Å². The predicted octanol–water partition coefficient (Wildman–Crippen LogP) is 2.14. The summed E-state index contributed by atoms with van der Waals surface area (Å²) >= 11 is 0. The van der Waals surface area contributed by atoms with Crippen LogP contribution < -0.4 is 4.90 Å². The van der Waals surface area contributed by atoms with E-state index >= 15 is 0 Å². The molecule has 1 saturated heterocycles. The van der Waals surface area contributed by atoms with Gasteiger partial charge in [-0.15, -0.1) is 0 Å². The van der Waals surface area contributed by atoms with Crippen LogP contribution in [0, 0.1) is 5.92 Å². The summed E-state index contributed by atoms with van der Waals surface area (Å²) in [5.41, 5.74) is 0.962. The molecule has 1 aromatic heterocycles. The molecule has 0 bridgehead atoms. The minimum atomic E-state index is -0.943. The van der Waals surface area contributed by atoms with E-state index in [1.54, 1.807) is 19.1 Å². The Labute approximate surface area is 122 Å². The molecule has 2 unspecified atom stereocenters. The van der Waals surface area contributed by atoms with E-state index < -0.39 is 5.97 Å². The third-order valence-corrected chi connectivity index (χ3v) is 4.16. The molecule has 2 heterocycles. The second-order valence-corrected chi connectivity index (χ2v) is 5.59. The smallest absolute Gasteiger partial charge is 0.336 e. The number of aliphatic hydroxyl groups excluding tert-OH is 1. The number of aliphatic hydroxyl groups is 1. The van der Waals surface area contributed by atoms with Crippen molar-refractivity contribution < 1.29 is 15.0 Å². The van der Waals surface area contributed by atoms with Crippen molar-refractivity contribution in [1.82, 2.24) is 4.98 Å². The molecule has 0 aliphatic carbocycles. The lowest BCUT2D eigenvalue weighted by Gasteiger charge is -2.19. The van der Waals surface area contributed by atoms with Gasteiger partial charge >= 0.3 is 5.97 Å². The summed E-state index contributed by atoms with van der Waals surface area (Å²) in [7, 11) is 0. The molecule has 5 heteroatoms. The molecule has 3 rings (SSSR count). The van der Waals surface area contributed by atoms with Gasteiger partial charge in [-0.1, -0.05) is 18.2 Å². The highest BCUT2D eigenvalue weighted by molar-refractivity contribution is 6.03. The lowest BCUT2D eigenvalue weighted by atomic mass is 10.0. The van der Waals surface area contributed by atoms with Crippen LogP contribution in [0.4, 0.5) is 5.82 Å². The Hall–Kier alpha value is -2.14. The van der Waals surface area contributed by atoms with E-state index in [1.165, 1.54) is 0 Å². The molecule has 2 atom stereocenters. The van der Waals surface area contributed by atoms with E-state index in [-0.39, 0.29) is 17.6 Å². The molecule has 1 aromatic carbocycles. The lowest BCUT2D eigenvalue weighted by molar-refractivity contribution is 0.0699. The number of aromatic nitrogens is 1. The number of aromatic carboxylic acids is 1. The first-order valence-electron chi connectivity index (χ1n) is 7.12. The minimum absolute atomic E-state index is 0.214. The van der Waals surface area contributed by atoms with Gasteiger partial charge in [0, 0.05) is 24.4 Å². The number of anilines is 1. The number of carbonyl (C=O) groups is 1. The summed E-state index contributed by atoms with van der Waals surface area (Å²) in [4.78, 5) is 18.1. The van der Waals surface area contributed by atoms with Gasteiger partial charge in [0.1, 0.15) is 5.82 Å². The fourth-order valence-corrected chi connectivity index (χ4v) is 2.89. The predicted molar refractivity (Wildman–Crippen MR) is 80.7 cm³/mol. The van der Waals surface area contributed by atoms with Gasteiger partial charge in [0.25, 0.3) is 0 Å². The summed E-state index contributed by atoms with van der Waals surface area (Å²) in [5.74, 6) is -0.0538. The summed E-state index contributed by atoms with van der Waals surface area (Å²) < 4.78 is 0. The van der Waals surface area contributed by atoms with Crippen LogP contribution in [0.5, 0.6) is 0 Å². The normalized spacial score (nSPS) is 19.9. The maximum atomic E-state index is 11.5. The molecule has 110 valence electrons. The Morgan fingerprint density at radius 1 is 1.43 bits per heavy atom. The van der Waals surface area contributed by atoms with Crippen molar-refractivity contribution in [2.75, 3.05) is 18.0 Å². The largest absolute Gasteiger partial charge is 0.478 e. The molecule has 2 N–H and O–H groups in total. The molecule has 0 radical (unpaired) electrons. The Morgan fingerprint density at radius 2 is 2.19 bits per heavy atom. The summed E-state index contributed by atoms with van der Waals surface area (Å²) in [6.07, 6.45) is 0.545. The van der Waals surface area contributed by atoms with Gasteiger partial charge in [0.05, 0.1) is 17.2 Å². The molecule has 0 saturated carbocycles. The van der Waals surface area contributed by atoms with Crippen LogP contribution in [-0.2, 0) is 0 Å². The number of hydrogen-bond donors (Lipinski definition) is 2. The van der Waals surface area contributed by atoms with Crippen molar-refractivity contribution in [1.29, 1.82) is 0 Å². The van der Waals surface area contributed by atoms with Crippen molar-refractivity contribution >= 4 is 22.7 Å². The van der Waals surface area contributed by atoms with E-state index in [2.05, 4.69) is 9.88 Å². The average molecular weight is 286 g/mol. The van der Waals surface area contributed by atoms with Crippen molar-refractivity contribution in [2.24, 2.45) is 5.92 Å². The molecular weight excluding hydrogens is 268 g/mol. The molecule has 1 fully saturated rings. The zero-order chi connectivity index (χ0) is 15.0. The maximum Gasteiger partial charge on any atom is 0.336 e. The van der Waals surface area contributed by atoms with Crippen molar-refractivity contribution in [2.45, 2.75) is 19.4 Å². The molecule has 0 spiro atoms. The number of pyridine rings is 1. The second kappa shape index (κ2) is 5.33. The fourth-order valence-electron chi connectivity index (χ4n) is 2.89. The van der Waals surface area contributed by atoms with Crippen molar-refractivity contribution in [3.8, 4) is 0 Å².